The number of rotatable bonds is 7. The monoisotopic (exact) mass is 405 g/mol. The molecule has 1 aliphatic heterocycles. The van der Waals surface area contributed by atoms with Crippen molar-refractivity contribution >= 4 is 17.3 Å². The van der Waals surface area contributed by atoms with Crippen LogP contribution in [0, 0.1) is 11.6 Å². The maximum absolute atomic E-state index is 13.4. The normalized spacial score (nSPS) is 15.8. The summed E-state index contributed by atoms with van der Waals surface area (Å²) < 4.78 is 32.1. The molecule has 0 radical (unpaired) electrons. The summed E-state index contributed by atoms with van der Waals surface area (Å²) in [4.78, 5) is 15.1. The van der Waals surface area contributed by atoms with Gasteiger partial charge in [0.2, 0.25) is 5.91 Å². The van der Waals surface area contributed by atoms with Gasteiger partial charge in [0, 0.05) is 57.1 Å². The van der Waals surface area contributed by atoms with Crippen LogP contribution in [0.25, 0.3) is 0 Å². The van der Waals surface area contributed by atoms with Crippen molar-refractivity contribution in [3.05, 3.63) is 54.1 Å². The molecule has 2 aromatic rings. The van der Waals surface area contributed by atoms with E-state index in [-0.39, 0.29) is 12.5 Å². The number of carbonyl (C=O) groups is 1. The molecule has 3 rings (SSSR count). The molecule has 0 saturated carbocycles. The molecule has 156 valence electrons. The quantitative estimate of drug-likeness (QED) is 0.741. The molecule has 2 aromatic carbocycles. The lowest BCUT2D eigenvalue weighted by Gasteiger charge is -2.36. The second-order valence-electron chi connectivity index (χ2n) is 7.06. The number of aliphatic hydroxyl groups excluding tert-OH is 1. The number of hydrogen-bond donors (Lipinski definition) is 2. The fourth-order valence-electron chi connectivity index (χ4n) is 3.25. The standard InChI is InChI=1S/C21H25F2N3O3/c1-15(27)24-16-2-5-19(6-3-16)29-14-18(28)13-25-8-10-26(11-9-25)17-4-7-20(22)21(23)12-17/h2-7,12,18,28H,8-11,13-14H2,1H3,(H,24,27)/t18-/m0/s1. The molecule has 0 bridgehead atoms. The highest BCUT2D eigenvalue weighted by Crippen LogP contribution is 2.20. The van der Waals surface area contributed by atoms with Crippen molar-refractivity contribution in [3.63, 3.8) is 0 Å². The second-order valence-corrected chi connectivity index (χ2v) is 7.06. The summed E-state index contributed by atoms with van der Waals surface area (Å²) in [6.07, 6.45) is -0.653. The Balaban J connectivity index is 1.40. The van der Waals surface area contributed by atoms with Crippen molar-refractivity contribution in [3.8, 4) is 5.75 Å². The third-order valence-electron chi connectivity index (χ3n) is 4.73. The van der Waals surface area contributed by atoms with Gasteiger partial charge in [-0.1, -0.05) is 0 Å². The number of hydrogen-bond acceptors (Lipinski definition) is 5. The van der Waals surface area contributed by atoms with Gasteiger partial charge in [-0.3, -0.25) is 9.69 Å². The summed E-state index contributed by atoms with van der Waals surface area (Å²) in [5.74, 6) is -1.22. The van der Waals surface area contributed by atoms with Crippen LogP contribution in [0.2, 0.25) is 0 Å². The molecular weight excluding hydrogens is 380 g/mol. The predicted molar refractivity (Wildman–Crippen MR) is 107 cm³/mol. The molecule has 0 aromatic heterocycles. The first-order chi connectivity index (χ1) is 13.9. The van der Waals surface area contributed by atoms with Crippen molar-refractivity contribution in [2.75, 3.05) is 49.5 Å². The van der Waals surface area contributed by atoms with Gasteiger partial charge in [0.1, 0.15) is 18.5 Å². The van der Waals surface area contributed by atoms with Crippen LogP contribution < -0.4 is 15.0 Å². The van der Waals surface area contributed by atoms with E-state index in [1.807, 2.05) is 4.90 Å². The van der Waals surface area contributed by atoms with Crippen LogP contribution in [0.3, 0.4) is 0 Å². The number of piperazine rings is 1. The largest absolute Gasteiger partial charge is 0.491 e. The highest BCUT2D eigenvalue weighted by molar-refractivity contribution is 5.88. The van der Waals surface area contributed by atoms with Crippen molar-refractivity contribution in [1.29, 1.82) is 0 Å². The van der Waals surface area contributed by atoms with Gasteiger partial charge in [0.05, 0.1) is 0 Å². The lowest BCUT2D eigenvalue weighted by Crippen LogP contribution is -2.49. The predicted octanol–water partition coefficient (Wildman–Crippen LogP) is 2.49. The number of nitrogens with one attached hydrogen (secondary N) is 1. The lowest BCUT2D eigenvalue weighted by atomic mass is 10.2. The number of β-amino-alcohol motifs (C(OH)–C–C–N with tert-alkyl or cyclic N) is 1. The van der Waals surface area contributed by atoms with E-state index in [9.17, 15) is 18.7 Å². The molecule has 2 N–H and O–H groups in total. The zero-order valence-electron chi connectivity index (χ0n) is 16.3. The van der Waals surface area contributed by atoms with Crippen LogP contribution in [-0.2, 0) is 4.79 Å². The van der Waals surface area contributed by atoms with Crippen LogP contribution >= 0.6 is 0 Å². The van der Waals surface area contributed by atoms with Gasteiger partial charge < -0.3 is 20.1 Å². The summed E-state index contributed by atoms with van der Waals surface area (Å²) >= 11 is 0. The Bertz CT molecular complexity index is 824. The number of ether oxygens (including phenoxy) is 1. The van der Waals surface area contributed by atoms with E-state index in [1.165, 1.54) is 13.0 Å². The zero-order chi connectivity index (χ0) is 20.8. The maximum Gasteiger partial charge on any atom is 0.221 e. The minimum absolute atomic E-state index is 0.140. The van der Waals surface area contributed by atoms with Gasteiger partial charge in [-0.25, -0.2) is 8.78 Å². The third kappa shape index (κ3) is 6.13. The number of aliphatic hydroxyl groups is 1. The number of halogens is 2. The van der Waals surface area contributed by atoms with Crippen molar-refractivity contribution in [1.82, 2.24) is 4.90 Å². The van der Waals surface area contributed by atoms with E-state index in [0.29, 0.717) is 49.8 Å². The number of nitrogens with zero attached hydrogens (tertiary/aromatic N) is 2. The first-order valence-electron chi connectivity index (χ1n) is 9.51. The van der Waals surface area contributed by atoms with Gasteiger partial charge in [0.15, 0.2) is 11.6 Å². The molecule has 8 heteroatoms. The Morgan fingerprint density at radius 3 is 2.41 bits per heavy atom. The van der Waals surface area contributed by atoms with Gasteiger partial charge in [0.25, 0.3) is 0 Å². The maximum atomic E-state index is 13.4. The van der Waals surface area contributed by atoms with E-state index in [0.717, 1.165) is 6.07 Å². The number of anilines is 2. The van der Waals surface area contributed by atoms with Crippen LogP contribution in [0.4, 0.5) is 20.2 Å². The molecule has 0 unspecified atom stereocenters. The molecule has 0 spiro atoms. The summed E-state index contributed by atoms with van der Waals surface area (Å²) in [5, 5.41) is 12.9. The number of benzene rings is 2. The van der Waals surface area contributed by atoms with Crippen molar-refractivity contribution in [2.24, 2.45) is 0 Å². The summed E-state index contributed by atoms with van der Waals surface area (Å²) in [7, 11) is 0. The fourth-order valence-corrected chi connectivity index (χ4v) is 3.25. The van der Waals surface area contributed by atoms with Crippen LogP contribution in [0.5, 0.6) is 5.75 Å². The minimum atomic E-state index is -0.847. The highest BCUT2D eigenvalue weighted by atomic mass is 19.2. The van der Waals surface area contributed by atoms with Crippen molar-refractivity contribution in [2.45, 2.75) is 13.0 Å². The van der Waals surface area contributed by atoms with Gasteiger partial charge >= 0.3 is 0 Å². The fraction of sp³-hybridized carbons (Fsp3) is 0.381. The first kappa shape index (κ1) is 21.0. The third-order valence-corrected chi connectivity index (χ3v) is 4.73. The second kappa shape index (κ2) is 9.67. The zero-order valence-corrected chi connectivity index (χ0v) is 16.3. The molecule has 6 nitrogen and oxygen atoms in total. The van der Waals surface area contributed by atoms with Crippen LogP contribution in [0.15, 0.2) is 42.5 Å². The topological polar surface area (TPSA) is 65.0 Å². The smallest absolute Gasteiger partial charge is 0.221 e. The Morgan fingerprint density at radius 1 is 1.10 bits per heavy atom. The van der Waals surface area contributed by atoms with Gasteiger partial charge in [-0.2, -0.15) is 0 Å². The van der Waals surface area contributed by atoms with Crippen LogP contribution in [0.1, 0.15) is 6.92 Å². The first-order valence-corrected chi connectivity index (χ1v) is 9.51. The molecule has 1 heterocycles. The van der Waals surface area contributed by atoms with E-state index in [4.69, 9.17) is 4.74 Å². The average molecular weight is 405 g/mol. The molecule has 29 heavy (non-hydrogen) atoms. The highest BCUT2D eigenvalue weighted by Gasteiger charge is 2.20. The number of amides is 1. The average Bonchev–Trinajstić information content (AvgIpc) is 2.70. The molecule has 1 atom stereocenters. The van der Waals surface area contributed by atoms with E-state index in [1.54, 1.807) is 30.3 Å². The van der Waals surface area contributed by atoms with E-state index in [2.05, 4.69) is 10.2 Å². The SMILES string of the molecule is CC(=O)Nc1ccc(OC[C@@H](O)CN2CCN(c3ccc(F)c(F)c3)CC2)cc1. The summed E-state index contributed by atoms with van der Waals surface area (Å²) in [5.41, 5.74) is 1.35. The van der Waals surface area contributed by atoms with Crippen LogP contribution in [-0.4, -0.2) is 61.3 Å². The minimum Gasteiger partial charge on any atom is -0.491 e. The van der Waals surface area contributed by atoms with Gasteiger partial charge in [-0.15, -0.1) is 0 Å². The van der Waals surface area contributed by atoms with Crippen molar-refractivity contribution < 1.29 is 23.4 Å². The Hall–Kier alpha value is -2.71. The van der Waals surface area contributed by atoms with Gasteiger partial charge in [-0.05, 0) is 36.4 Å². The molecular formula is C21H25F2N3O3. The Morgan fingerprint density at radius 2 is 1.79 bits per heavy atom. The lowest BCUT2D eigenvalue weighted by molar-refractivity contribution is -0.114. The Labute approximate surface area is 168 Å². The molecule has 1 fully saturated rings. The molecule has 1 amide bonds. The van der Waals surface area contributed by atoms with E-state index >= 15 is 0 Å². The Kier molecular flexibility index (Phi) is 7.00. The van der Waals surface area contributed by atoms with E-state index < -0.39 is 17.7 Å². The summed E-state index contributed by atoms with van der Waals surface area (Å²) in [6.45, 7) is 4.83. The molecule has 1 saturated heterocycles. The molecule has 1 aliphatic rings. The number of carbonyl (C=O) groups excluding carboxylic acids is 1. The summed E-state index contributed by atoms with van der Waals surface area (Å²) in [6, 6.07) is 10.9. The molecule has 0 aliphatic carbocycles.